The van der Waals surface area contributed by atoms with Crippen LogP contribution in [-0.4, -0.2) is 0 Å². The molecule has 4 aromatic rings. The summed E-state index contributed by atoms with van der Waals surface area (Å²) in [6, 6.07) is 31.2. The second-order valence-electron chi connectivity index (χ2n) is 7.92. The smallest absolute Gasteiger partial charge is 0.0316 e. The first-order valence-corrected chi connectivity index (χ1v) is 10.2. The average molecular weight is 394 g/mol. The van der Waals surface area contributed by atoms with E-state index in [0.29, 0.717) is 0 Å². The van der Waals surface area contributed by atoms with Gasteiger partial charge in [-0.3, -0.25) is 0 Å². The maximum absolute atomic E-state index is 5.98. The van der Waals surface area contributed by atoms with Crippen molar-refractivity contribution in [1.29, 1.82) is 0 Å². The van der Waals surface area contributed by atoms with Gasteiger partial charge in [0.05, 0.1) is 0 Å². The standard InChI is InChI=1S/C27H27N3/c28-25-7-1-4-19(16-25)10-22-13-23(11-20-5-2-8-26(29)17-20)15-24(14-22)12-21-6-3-9-27(30)18-21/h1-9,13-18H,10-12,28-30H2. The molecule has 0 amide bonds. The molecule has 0 bridgehead atoms. The van der Waals surface area contributed by atoms with Gasteiger partial charge < -0.3 is 17.2 Å². The molecule has 0 aliphatic rings. The molecule has 3 heteroatoms. The molecule has 0 atom stereocenters. The van der Waals surface area contributed by atoms with Gasteiger partial charge in [0.1, 0.15) is 0 Å². The molecule has 0 aliphatic carbocycles. The molecule has 0 saturated carbocycles. The van der Waals surface area contributed by atoms with Gasteiger partial charge in [-0.05, 0) is 89.0 Å². The van der Waals surface area contributed by atoms with E-state index in [-0.39, 0.29) is 0 Å². The Hall–Kier alpha value is -3.72. The van der Waals surface area contributed by atoms with Crippen LogP contribution in [0.15, 0.2) is 91.0 Å². The zero-order chi connectivity index (χ0) is 20.9. The van der Waals surface area contributed by atoms with Crippen LogP contribution in [0.3, 0.4) is 0 Å². The molecular formula is C27H27N3. The van der Waals surface area contributed by atoms with Gasteiger partial charge in [-0.15, -0.1) is 0 Å². The zero-order valence-corrected chi connectivity index (χ0v) is 17.0. The number of benzene rings is 4. The maximum Gasteiger partial charge on any atom is 0.0316 e. The average Bonchev–Trinajstić information content (AvgIpc) is 2.68. The molecule has 4 rings (SSSR count). The van der Waals surface area contributed by atoms with Crippen molar-refractivity contribution in [2.75, 3.05) is 17.2 Å². The first-order valence-electron chi connectivity index (χ1n) is 10.2. The quantitative estimate of drug-likeness (QED) is 0.394. The predicted octanol–water partition coefficient (Wildman–Crippen LogP) is 5.21. The highest BCUT2D eigenvalue weighted by atomic mass is 14.5. The summed E-state index contributed by atoms with van der Waals surface area (Å²) in [5.41, 5.74) is 27.8. The second-order valence-corrected chi connectivity index (χ2v) is 7.92. The molecule has 0 unspecified atom stereocenters. The highest BCUT2D eigenvalue weighted by Crippen LogP contribution is 2.22. The van der Waals surface area contributed by atoms with Crippen molar-refractivity contribution < 1.29 is 0 Å². The van der Waals surface area contributed by atoms with E-state index in [2.05, 4.69) is 36.4 Å². The lowest BCUT2D eigenvalue weighted by Gasteiger charge is -2.12. The second kappa shape index (κ2) is 8.75. The summed E-state index contributed by atoms with van der Waals surface area (Å²) in [4.78, 5) is 0. The van der Waals surface area contributed by atoms with E-state index in [1.165, 1.54) is 33.4 Å². The highest BCUT2D eigenvalue weighted by Gasteiger charge is 2.06. The van der Waals surface area contributed by atoms with E-state index in [1.54, 1.807) is 0 Å². The third kappa shape index (κ3) is 5.21. The summed E-state index contributed by atoms with van der Waals surface area (Å²) in [5, 5.41) is 0. The molecule has 0 aliphatic heterocycles. The Bertz CT molecular complexity index is 1010. The molecule has 3 nitrogen and oxygen atoms in total. The summed E-state index contributed by atoms with van der Waals surface area (Å²) in [5.74, 6) is 0. The normalized spacial score (nSPS) is 10.8. The van der Waals surface area contributed by atoms with Crippen LogP contribution in [0.5, 0.6) is 0 Å². The van der Waals surface area contributed by atoms with E-state index >= 15 is 0 Å². The van der Waals surface area contributed by atoms with E-state index in [9.17, 15) is 0 Å². The van der Waals surface area contributed by atoms with E-state index < -0.39 is 0 Å². The van der Waals surface area contributed by atoms with Crippen LogP contribution in [0.25, 0.3) is 0 Å². The van der Waals surface area contributed by atoms with Crippen LogP contribution in [0.2, 0.25) is 0 Å². The zero-order valence-electron chi connectivity index (χ0n) is 17.0. The van der Waals surface area contributed by atoms with Gasteiger partial charge in [-0.25, -0.2) is 0 Å². The number of rotatable bonds is 6. The Morgan fingerprint density at radius 2 is 0.667 bits per heavy atom. The van der Waals surface area contributed by atoms with Crippen molar-refractivity contribution in [2.24, 2.45) is 0 Å². The predicted molar refractivity (Wildman–Crippen MR) is 127 cm³/mol. The number of hydrogen-bond donors (Lipinski definition) is 3. The van der Waals surface area contributed by atoms with Crippen molar-refractivity contribution in [2.45, 2.75) is 19.3 Å². The van der Waals surface area contributed by atoms with E-state index in [4.69, 9.17) is 17.2 Å². The number of nitrogen functional groups attached to an aromatic ring is 3. The first kappa shape index (κ1) is 19.6. The van der Waals surface area contributed by atoms with Crippen LogP contribution in [0.4, 0.5) is 17.1 Å². The van der Waals surface area contributed by atoms with Gasteiger partial charge in [0, 0.05) is 17.1 Å². The summed E-state index contributed by atoms with van der Waals surface area (Å²) in [6.07, 6.45) is 2.54. The molecule has 0 heterocycles. The fraction of sp³-hybridized carbons (Fsp3) is 0.111. The van der Waals surface area contributed by atoms with Crippen molar-refractivity contribution in [1.82, 2.24) is 0 Å². The lowest BCUT2D eigenvalue weighted by Crippen LogP contribution is -1.99. The molecule has 0 saturated heterocycles. The molecule has 150 valence electrons. The molecule has 6 N–H and O–H groups in total. The maximum atomic E-state index is 5.98. The van der Waals surface area contributed by atoms with Crippen LogP contribution in [-0.2, 0) is 19.3 Å². The van der Waals surface area contributed by atoms with Crippen LogP contribution >= 0.6 is 0 Å². The van der Waals surface area contributed by atoms with Crippen molar-refractivity contribution in [3.05, 3.63) is 124 Å². The third-order valence-electron chi connectivity index (χ3n) is 5.19. The lowest BCUT2D eigenvalue weighted by molar-refractivity contribution is 1.09. The van der Waals surface area contributed by atoms with Gasteiger partial charge in [0.25, 0.3) is 0 Å². The topological polar surface area (TPSA) is 78.1 Å². The minimum Gasteiger partial charge on any atom is -0.399 e. The Morgan fingerprint density at radius 1 is 0.367 bits per heavy atom. The minimum atomic E-state index is 0.795. The van der Waals surface area contributed by atoms with Crippen molar-refractivity contribution in [3.63, 3.8) is 0 Å². The molecule has 30 heavy (non-hydrogen) atoms. The summed E-state index contributed by atoms with van der Waals surface area (Å²) >= 11 is 0. The SMILES string of the molecule is Nc1cccc(Cc2cc(Cc3cccc(N)c3)cc(Cc3cccc(N)c3)c2)c1. The first-order chi connectivity index (χ1) is 14.5. The van der Waals surface area contributed by atoms with Gasteiger partial charge in [-0.2, -0.15) is 0 Å². The van der Waals surface area contributed by atoms with E-state index in [1.807, 2.05) is 54.6 Å². The third-order valence-corrected chi connectivity index (χ3v) is 5.19. The molecular weight excluding hydrogens is 366 g/mol. The summed E-state index contributed by atoms with van der Waals surface area (Å²) in [7, 11) is 0. The number of anilines is 3. The Labute approximate surface area is 178 Å². The molecule has 0 spiro atoms. The van der Waals surface area contributed by atoms with Crippen molar-refractivity contribution >= 4 is 17.1 Å². The lowest BCUT2D eigenvalue weighted by atomic mass is 9.94. The molecule has 0 aromatic heterocycles. The monoisotopic (exact) mass is 393 g/mol. The van der Waals surface area contributed by atoms with Gasteiger partial charge >= 0.3 is 0 Å². The fourth-order valence-electron chi connectivity index (χ4n) is 3.96. The number of hydrogen-bond acceptors (Lipinski definition) is 3. The Kier molecular flexibility index (Phi) is 5.71. The number of nitrogens with two attached hydrogens (primary N) is 3. The highest BCUT2D eigenvalue weighted by molar-refractivity contribution is 5.47. The van der Waals surface area contributed by atoms with Crippen LogP contribution in [0, 0.1) is 0 Å². The largest absolute Gasteiger partial charge is 0.399 e. The Balaban J connectivity index is 1.67. The minimum absolute atomic E-state index is 0.795. The summed E-state index contributed by atoms with van der Waals surface area (Å²) < 4.78 is 0. The molecule has 0 fully saturated rings. The molecule has 0 radical (unpaired) electrons. The van der Waals surface area contributed by atoms with E-state index in [0.717, 1.165) is 36.3 Å². The van der Waals surface area contributed by atoms with Crippen molar-refractivity contribution in [3.8, 4) is 0 Å². The Morgan fingerprint density at radius 3 is 0.933 bits per heavy atom. The van der Waals surface area contributed by atoms with Crippen LogP contribution < -0.4 is 17.2 Å². The fourth-order valence-corrected chi connectivity index (χ4v) is 3.96. The van der Waals surface area contributed by atoms with Crippen LogP contribution in [0.1, 0.15) is 33.4 Å². The van der Waals surface area contributed by atoms with Gasteiger partial charge in [0.15, 0.2) is 0 Å². The van der Waals surface area contributed by atoms with Gasteiger partial charge in [0.2, 0.25) is 0 Å². The molecule has 4 aromatic carbocycles. The summed E-state index contributed by atoms with van der Waals surface area (Å²) in [6.45, 7) is 0. The van der Waals surface area contributed by atoms with Gasteiger partial charge in [-0.1, -0.05) is 54.6 Å².